The van der Waals surface area contributed by atoms with Crippen LogP contribution in [0.25, 0.3) is 77.0 Å². The monoisotopic (exact) mass is 1720 g/mol. The summed E-state index contributed by atoms with van der Waals surface area (Å²) in [5, 5.41) is 23.2. The maximum Gasteiger partial charge on any atom is 0.411 e. The first-order valence-corrected chi connectivity index (χ1v) is 43.6. The summed E-state index contributed by atoms with van der Waals surface area (Å²) >= 11 is 0. The van der Waals surface area contributed by atoms with Crippen LogP contribution in [0.1, 0.15) is 174 Å². The summed E-state index contributed by atoms with van der Waals surface area (Å²) in [6, 6.07) is 34.8. The van der Waals surface area contributed by atoms with Gasteiger partial charge in [0.1, 0.15) is 35.4 Å². The molecule has 2 aliphatic carbocycles. The van der Waals surface area contributed by atoms with Gasteiger partial charge in [-0.25, -0.2) is 38.7 Å². The second-order valence-electron chi connectivity index (χ2n) is 35.6. The summed E-state index contributed by atoms with van der Waals surface area (Å²) in [6.45, 7) is 18.0. The molecular formula is C95H116N14O17. The summed E-state index contributed by atoms with van der Waals surface area (Å²) in [4.78, 5) is 147. The number of nitrogens with one attached hydrogen (secondary N) is 6. The van der Waals surface area contributed by atoms with Crippen LogP contribution in [0.15, 0.2) is 132 Å². The van der Waals surface area contributed by atoms with E-state index in [2.05, 4.69) is 145 Å². The molecule has 2 aromatic heterocycles. The lowest BCUT2D eigenvalue weighted by Crippen LogP contribution is -2.56. The smallest absolute Gasteiger partial charge is 0.411 e. The number of allylic oxidation sites excluding steroid dienone is 2. The number of H-pyrrole nitrogens is 2. The lowest BCUT2D eigenvalue weighted by molar-refractivity contribution is -0.143. The molecule has 16 rings (SSSR count). The van der Waals surface area contributed by atoms with Gasteiger partial charge in [-0.2, -0.15) is 0 Å². The second kappa shape index (κ2) is 38.3. The van der Waals surface area contributed by atoms with E-state index in [1.165, 1.54) is 42.5 Å². The molecule has 14 atom stereocenters. The molecule has 31 nitrogen and oxygen atoms in total. The van der Waals surface area contributed by atoms with Crippen LogP contribution in [-0.4, -0.2) is 232 Å². The van der Waals surface area contributed by atoms with Crippen LogP contribution in [0.4, 0.5) is 24.0 Å². The zero-order valence-corrected chi connectivity index (χ0v) is 74.2. The number of benzene rings is 6. The molecule has 4 bridgehead atoms. The van der Waals surface area contributed by atoms with E-state index in [9.17, 15) is 43.2 Å². The number of aliphatic carboxylic acids is 1. The number of carboxylic acid groups (broad SMARTS) is 1. The number of methoxy groups -OCH3 is 6. The van der Waals surface area contributed by atoms with Crippen molar-refractivity contribution in [2.75, 3.05) is 55.7 Å². The van der Waals surface area contributed by atoms with E-state index in [4.69, 9.17) is 53.5 Å². The number of fused-ring (bicyclic) bond motifs is 10. The highest BCUT2D eigenvalue weighted by Gasteiger charge is 2.54. The molecule has 126 heavy (non-hydrogen) atoms. The van der Waals surface area contributed by atoms with Crippen LogP contribution < -0.4 is 21.3 Å². The van der Waals surface area contributed by atoms with Crippen molar-refractivity contribution in [3.05, 3.63) is 144 Å². The van der Waals surface area contributed by atoms with Crippen molar-refractivity contribution in [2.45, 2.75) is 218 Å². The number of carbonyl (C=O) groups excluding carboxylic acids is 8. The molecule has 6 fully saturated rings. The number of carboxylic acids is 1. The summed E-state index contributed by atoms with van der Waals surface area (Å²) in [5.74, 6) is 0.516. The Morgan fingerprint density at radius 3 is 1.23 bits per heavy atom. The van der Waals surface area contributed by atoms with E-state index in [1.807, 2.05) is 80.5 Å². The lowest BCUT2D eigenvalue weighted by atomic mass is 9.95. The Balaban J connectivity index is 0.000000180. The third-order valence-electron chi connectivity index (χ3n) is 26.0. The van der Waals surface area contributed by atoms with Crippen LogP contribution in [0.2, 0.25) is 0 Å². The molecule has 0 unspecified atom stereocenters. The fourth-order valence-electron chi connectivity index (χ4n) is 19.3. The zero-order valence-electron chi connectivity index (χ0n) is 74.2. The van der Waals surface area contributed by atoms with Gasteiger partial charge in [0.2, 0.25) is 17.7 Å². The summed E-state index contributed by atoms with van der Waals surface area (Å²) in [6.07, 6.45) is 10.5. The predicted octanol–water partition coefficient (Wildman–Crippen LogP) is 15.0. The van der Waals surface area contributed by atoms with Crippen LogP contribution in [-0.2, 0) is 52.3 Å². The van der Waals surface area contributed by atoms with Gasteiger partial charge in [-0.1, -0.05) is 113 Å². The Bertz CT molecular complexity index is 5570. The van der Waals surface area contributed by atoms with Crippen molar-refractivity contribution in [2.24, 2.45) is 33.7 Å². The quantitative estimate of drug-likeness (QED) is 0.0310. The predicted molar refractivity (Wildman–Crippen MR) is 478 cm³/mol. The number of hydrogen-bond donors (Lipinski definition) is 7. The normalized spacial score (nSPS) is 21.9. The third-order valence-corrected chi connectivity index (χ3v) is 26.0. The molecule has 0 radical (unpaired) electrons. The van der Waals surface area contributed by atoms with Gasteiger partial charge in [-0.05, 0) is 202 Å². The average molecular weight is 1730 g/mol. The molecule has 31 heteroatoms. The molecule has 6 aromatic carbocycles. The Morgan fingerprint density at radius 1 is 0.452 bits per heavy atom. The largest absolute Gasteiger partial charge is 0.480 e. The first-order chi connectivity index (χ1) is 60.4. The lowest BCUT2D eigenvalue weighted by Gasteiger charge is -2.37. The van der Waals surface area contributed by atoms with Crippen molar-refractivity contribution in [3.63, 3.8) is 0 Å². The molecule has 8 aromatic rings. The van der Waals surface area contributed by atoms with Crippen LogP contribution in [0.5, 0.6) is 0 Å². The molecule has 4 saturated heterocycles. The summed E-state index contributed by atoms with van der Waals surface area (Å²) < 4.78 is 34.8. The fourth-order valence-corrected chi connectivity index (χ4v) is 19.3. The number of carbonyl (C=O) groups is 9. The van der Waals surface area contributed by atoms with Crippen LogP contribution in [0, 0.1) is 23.7 Å². The highest BCUT2D eigenvalue weighted by Crippen LogP contribution is 2.52. The minimum atomic E-state index is -1.17. The Hall–Kier alpha value is -12.2. The van der Waals surface area contributed by atoms with Gasteiger partial charge in [0, 0.05) is 86.8 Å². The standard InChI is InChI=1S/C45H53N7O7.C43H50N6O5.C7H13NO5/c1-24(2)37(49-44(55)58-5)42(53)51-19-7-8-36(51)35-22-31(23-46-35)27-11-9-26(10-12-27)28-14-17-33-29(20-28)15-18-34-39(33)48-41(47-34)40-30-13-16-32(21-30)52(40)43(54)38(25(3)57-4)50-45(56)59-6;1-24(2)36(47-41(51)53-6)40(50)48-19-7-8-35(48)34-22-30(23-44-34)26-11-9-25(10-12-26)27-14-17-32-28(20-27)15-18-33-37(32)46-39(45-33)38-29-13-16-31(21-29)49(38)42(52)54-43(3,4)5;1-4(12-2)5(6(9)10)8-7(11)13-3/h9-12,14-15,17-18,20,23-25,30,32,36-38,40H,7-8,13,16,19,21-22H2,1-6H3,(H,47,48)(H,49,55)(H,50,56);9-12,14-15,17-18,20,23-24,29,31,35-36,38H,7-8,13,16,19,21-22H2,1-6H3,(H,45,46)(H,47,51);4-5H,1-3H3,(H,8,11)(H,9,10)/t25-,30+,32-,36+,37+,38+,40+;29-,31+,35-,36-,38-;4-,5+/m101/s1. The van der Waals surface area contributed by atoms with Crippen molar-refractivity contribution in [3.8, 4) is 22.3 Å². The van der Waals surface area contributed by atoms with Gasteiger partial charge in [0.25, 0.3) is 0 Å². The fraction of sp³-hybridized carbons (Fsp3) is 0.484. The molecule has 668 valence electrons. The molecule has 8 heterocycles. The topological polar surface area (TPSA) is 382 Å². The van der Waals surface area contributed by atoms with Crippen LogP contribution in [0.3, 0.4) is 0 Å². The van der Waals surface area contributed by atoms with E-state index in [0.717, 1.165) is 183 Å². The number of ether oxygens (including phenoxy) is 7. The van der Waals surface area contributed by atoms with E-state index in [1.54, 1.807) is 6.92 Å². The van der Waals surface area contributed by atoms with Crippen molar-refractivity contribution in [1.29, 1.82) is 0 Å². The number of aromatic nitrogens is 4. The first kappa shape index (κ1) is 90.0. The van der Waals surface area contributed by atoms with Gasteiger partial charge in [-0.3, -0.25) is 29.3 Å². The number of aliphatic imine (C=N–C) groups is 2. The zero-order chi connectivity index (χ0) is 89.9. The number of likely N-dealkylation sites (tertiary alicyclic amines) is 4. The van der Waals surface area contributed by atoms with Crippen molar-refractivity contribution in [1.82, 2.24) is 60.8 Å². The highest BCUT2D eigenvalue weighted by molar-refractivity contribution is 6.08. The first-order valence-electron chi connectivity index (χ1n) is 43.6. The minimum absolute atomic E-state index is 0.0659. The van der Waals surface area contributed by atoms with Gasteiger partial charge >= 0.3 is 36.4 Å². The second-order valence-corrected chi connectivity index (χ2v) is 35.6. The van der Waals surface area contributed by atoms with Crippen molar-refractivity contribution < 1.29 is 81.4 Å². The molecule has 0 spiro atoms. The molecule has 6 aliphatic heterocycles. The Kier molecular flexibility index (Phi) is 27.4. The number of aromatic amines is 2. The number of rotatable bonds is 22. The summed E-state index contributed by atoms with van der Waals surface area (Å²) in [7, 11) is 7.93. The van der Waals surface area contributed by atoms with E-state index >= 15 is 0 Å². The van der Waals surface area contributed by atoms with Gasteiger partial charge in [0.15, 0.2) is 6.04 Å². The maximum absolute atomic E-state index is 14.1. The van der Waals surface area contributed by atoms with Gasteiger partial charge < -0.3 is 84.2 Å². The Morgan fingerprint density at radius 2 is 0.833 bits per heavy atom. The summed E-state index contributed by atoms with van der Waals surface area (Å²) in [5.41, 5.74) is 13.9. The number of amides is 8. The molecule has 2 saturated carbocycles. The third kappa shape index (κ3) is 19.0. The molecule has 8 aliphatic rings. The number of piperidine rings is 2. The minimum Gasteiger partial charge on any atom is -0.480 e. The molecule has 8 amide bonds. The van der Waals surface area contributed by atoms with Crippen LogP contribution >= 0.6 is 0 Å². The SMILES string of the molecule is COC(=O)N[C@H](C(=O)N1CCC[C@H]1C1=NC=C(c2ccc(-c3ccc4c(ccc5[nH]c([C@@H]6[C@H]7CC[C@H](C7)N6C(=O)OC(C)(C)C)nc54)c3)cc2)C1)C(C)C.COC(=O)N[C@H](C(=O)N1CCC[C@H]1C1=NC=C(c2ccc(-c3ccc4c(ccc5[nH]c([C@@H]6[C@H]7CC[C@H](C7)N6C(=O)[C@@H](NC(=O)OC)[C@@H](C)OC)nc54)c3)cc2)C1)C(C)C.COC(=O)N[C@H](C(=O)O)[C@@H](C)OC. The number of imidazole rings is 2. The van der Waals surface area contributed by atoms with Gasteiger partial charge in [-0.15, -0.1) is 0 Å². The number of hydrogen-bond acceptors (Lipinski definition) is 20. The van der Waals surface area contributed by atoms with Gasteiger partial charge in [0.05, 0.1) is 86.9 Å². The van der Waals surface area contributed by atoms with Crippen molar-refractivity contribution >= 4 is 120 Å². The molecular weight excluding hydrogens is 1610 g/mol. The number of alkyl carbamates (subject to hydrolysis) is 4. The number of nitrogens with zero attached hydrogens (tertiary/aromatic N) is 8. The van der Waals surface area contributed by atoms with E-state index in [0.29, 0.717) is 31.8 Å². The van der Waals surface area contributed by atoms with E-state index < -0.39 is 72.3 Å². The highest BCUT2D eigenvalue weighted by atomic mass is 16.6. The van der Waals surface area contributed by atoms with E-state index in [-0.39, 0.29) is 77.8 Å². The Labute approximate surface area is 732 Å². The maximum atomic E-state index is 14.1. The molecule has 7 N–H and O–H groups in total. The average Bonchev–Trinajstić information content (AvgIpc) is 1.58.